The molecule has 1 fully saturated rings. The highest BCUT2D eigenvalue weighted by molar-refractivity contribution is 5.43. The lowest BCUT2D eigenvalue weighted by Crippen LogP contribution is -2.40. The Kier molecular flexibility index (Phi) is 3.89. The summed E-state index contributed by atoms with van der Waals surface area (Å²) >= 11 is 0. The Balaban J connectivity index is 1.64. The van der Waals surface area contributed by atoms with E-state index in [9.17, 15) is 13.2 Å². The van der Waals surface area contributed by atoms with Crippen LogP contribution >= 0.6 is 0 Å². The van der Waals surface area contributed by atoms with Gasteiger partial charge in [-0.3, -0.25) is 4.90 Å². The number of nitrogens with zero attached hydrogens (tertiary/aromatic N) is 1. The van der Waals surface area contributed by atoms with Crippen molar-refractivity contribution < 1.29 is 17.9 Å². The lowest BCUT2D eigenvalue weighted by atomic mass is 9.80. The monoisotopic (exact) mass is 347 g/mol. The summed E-state index contributed by atoms with van der Waals surface area (Å²) in [6, 6.07) is 14.6. The highest BCUT2D eigenvalue weighted by Crippen LogP contribution is 2.47. The SMILES string of the molecule is CC12CN(Cc3ccccc3)CC1c1cccc(C(F)(F)F)c1CO2. The molecule has 5 heteroatoms. The lowest BCUT2D eigenvalue weighted by molar-refractivity contribution is -0.141. The van der Waals surface area contributed by atoms with Gasteiger partial charge in [-0.25, -0.2) is 0 Å². The second-order valence-electron chi connectivity index (χ2n) is 7.18. The van der Waals surface area contributed by atoms with E-state index in [2.05, 4.69) is 17.0 Å². The molecular weight excluding hydrogens is 327 g/mol. The predicted molar refractivity (Wildman–Crippen MR) is 89.1 cm³/mol. The van der Waals surface area contributed by atoms with Crippen LogP contribution < -0.4 is 0 Å². The summed E-state index contributed by atoms with van der Waals surface area (Å²) in [7, 11) is 0. The fourth-order valence-electron chi connectivity index (χ4n) is 4.20. The predicted octanol–water partition coefficient (Wildman–Crippen LogP) is 4.59. The van der Waals surface area contributed by atoms with Crippen molar-refractivity contribution in [1.29, 1.82) is 0 Å². The molecule has 2 atom stereocenters. The fourth-order valence-corrected chi connectivity index (χ4v) is 4.20. The van der Waals surface area contributed by atoms with Crippen LogP contribution in [-0.2, 0) is 24.1 Å². The largest absolute Gasteiger partial charge is 0.416 e. The maximum absolute atomic E-state index is 13.3. The van der Waals surface area contributed by atoms with Crippen LogP contribution in [0.3, 0.4) is 0 Å². The minimum absolute atomic E-state index is 0.0250. The summed E-state index contributed by atoms with van der Waals surface area (Å²) in [5.41, 5.74) is 1.30. The number of likely N-dealkylation sites (tertiary alicyclic amines) is 1. The molecule has 2 heterocycles. The zero-order valence-corrected chi connectivity index (χ0v) is 14.0. The first-order valence-electron chi connectivity index (χ1n) is 8.46. The Morgan fingerprint density at radius 1 is 1.12 bits per heavy atom. The summed E-state index contributed by atoms with van der Waals surface area (Å²) in [4.78, 5) is 2.27. The smallest absolute Gasteiger partial charge is 0.369 e. The van der Waals surface area contributed by atoms with E-state index in [0.717, 1.165) is 24.7 Å². The molecule has 0 amide bonds. The van der Waals surface area contributed by atoms with Crippen molar-refractivity contribution in [2.45, 2.75) is 37.8 Å². The van der Waals surface area contributed by atoms with E-state index >= 15 is 0 Å². The molecule has 2 nitrogen and oxygen atoms in total. The van der Waals surface area contributed by atoms with E-state index < -0.39 is 17.3 Å². The van der Waals surface area contributed by atoms with Gasteiger partial charge >= 0.3 is 6.18 Å². The molecule has 2 aliphatic heterocycles. The van der Waals surface area contributed by atoms with Gasteiger partial charge in [0.25, 0.3) is 0 Å². The van der Waals surface area contributed by atoms with Crippen LogP contribution in [0.1, 0.15) is 35.1 Å². The minimum atomic E-state index is -4.34. The number of alkyl halides is 3. The van der Waals surface area contributed by atoms with Crippen LogP contribution in [0.5, 0.6) is 0 Å². The first kappa shape index (κ1) is 16.6. The Morgan fingerprint density at radius 2 is 1.88 bits per heavy atom. The summed E-state index contributed by atoms with van der Waals surface area (Å²) in [6.45, 7) is 4.26. The second-order valence-corrected chi connectivity index (χ2v) is 7.18. The summed E-state index contributed by atoms with van der Waals surface area (Å²) in [5.74, 6) is -0.0396. The molecule has 0 saturated carbocycles. The molecule has 0 bridgehead atoms. The Hall–Kier alpha value is -1.85. The highest BCUT2D eigenvalue weighted by atomic mass is 19.4. The van der Waals surface area contributed by atoms with Gasteiger partial charge in [0.05, 0.1) is 17.8 Å². The lowest BCUT2D eigenvalue weighted by Gasteiger charge is -2.38. The number of benzene rings is 2. The quantitative estimate of drug-likeness (QED) is 0.788. The molecule has 2 aromatic carbocycles. The molecule has 0 spiro atoms. The summed E-state index contributed by atoms with van der Waals surface area (Å²) in [5, 5.41) is 0. The normalized spacial score (nSPS) is 26.3. The zero-order chi connectivity index (χ0) is 17.7. The third kappa shape index (κ3) is 2.96. The van der Waals surface area contributed by atoms with Crippen LogP contribution in [0.4, 0.5) is 13.2 Å². The minimum Gasteiger partial charge on any atom is -0.369 e. The first-order chi connectivity index (χ1) is 11.9. The standard InChI is InChI=1S/C20H20F3NO/c1-19-13-24(10-14-6-3-2-4-7-14)11-18(19)15-8-5-9-17(20(21,22)23)16(15)12-25-19/h2-9,18H,10-13H2,1H3. The third-order valence-corrected chi connectivity index (χ3v) is 5.40. The van der Waals surface area contributed by atoms with Gasteiger partial charge < -0.3 is 4.74 Å². The van der Waals surface area contributed by atoms with Crippen LogP contribution in [-0.4, -0.2) is 23.6 Å². The van der Waals surface area contributed by atoms with Crippen molar-refractivity contribution in [3.63, 3.8) is 0 Å². The number of hydrogen-bond acceptors (Lipinski definition) is 2. The van der Waals surface area contributed by atoms with Crippen molar-refractivity contribution >= 4 is 0 Å². The molecule has 2 aliphatic rings. The molecule has 2 unspecified atom stereocenters. The van der Waals surface area contributed by atoms with E-state index in [1.165, 1.54) is 11.6 Å². The third-order valence-electron chi connectivity index (χ3n) is 5.40. The van der Waals surface area contributed by atoms with Gasteiger partial charge in [0.15, 0.2) is 0 Å². The van der Waals surface area contributed by atoms with Gasteiger partial charge in [-0.1, -0.05) is 42.5 Å². The van der Waals surface area contributed by atoms with Crippen molar-refractivity contribution in [2.75, 3.05) is 13.1 Å². The molecule has 4 rings (SSSR count). The molecule has 0 aliphatic carbocycles. The summed E-state index contributed by atoms with van der Waals surface area (Å²) < 4.78 is 45.9. The number of halogens is 3. The molecule has 0 radical (unpaired) electrons. The molecule has 2 aromatic rings. The van der Waals surface area contributed by atoms with Crippen molar-refractivity contribution in [1.82, 2.24) is 4.90 Å². The highest BCUT2D eigenvalue weighted by Gasteiger charge is 2.49. The number of rotatable bonds is 2. The van der Waals surface area contributed by atoms with Gasteiger partial charge in [0.2, 0.25) is 0 Å². The van der Waals surface area contributed by atoms with Crippen molar-refractivity contribution in [3.05, 3.63) is 70.8 Å². The van der Waals surface area contributed by atoms with E-state index in [1.807, 2.05) is 31.2 Å². The molecule has 132 valence electrons. The van der Waals surface area contributed by atoms with Crippen LogP contribution in [0, 0.1) is 0 Å². The van der Waals surface area contributed by atoms with E-state index in [-0.39, 0.29) is 12.5 Å². The second kappa shape index (κ2) is 5.85. The Morgan fingerprint density at radius 3 is 2.60 bits per heavy atom. The Bertz CT molecular complexity index is 774. The van der Waals surface area contributed by atoms with Crippen molar-refractivity contribution in [3.8, 4) is 0 Å². The van der Waals surface area contributed by atoms with Crippen LogP contribution in [0.2, 0.25) is 0 Å². The van der Waals surface area contributed by atoms with Crippen molar-refractivity contribution in [2.24, 2.45) is 0 Å². The average Bonchev–Trinajstić information content (AvgIpc) is 2.91. The Labute approximate surface area is 145 Å². The molecule has 25 heavy (non-hydrogen) atoms. The molecule has 1 saturated heterocycles. The zero-order valence-electron chi connectivity index (χ0n) is 14.0. The van der Waals surface area contributed by atoms with Gasteiger partial charge in [0, 0.05) is 25.6 Å². The summed E-state index contributed by atoms with van der Waals surface area (Å²) in [6.07, 6.45) is -4.34. The van der Waals surface area contributed by atoms with Gasteiger partial charge in [0.1, 0.15) is 0 Å². The molecule has 0 N–H and O–H groups in total. The number of fused-ring (bicyclic) bond motifs is 3. The van der Waals surface area contributed by atoms with Crippen LogP contribution in [0.25, 0.3) is 0 Å². The van der Waals surface area contributed by atoms with Crippen LogP contribution in [0.15, 0.2) is 48.5 Å². The maximum atomic E-state index is 13.3. The average molecular weight is 347 g/mol. The number of hydrogen-bond donors (Lipinski definition) is 0. The van der Waals surface area contributed by atoms with E-state index in [4.69, 9.17) is 4.74 Å². The topological polar surface area (TPSA) is 12.5 Å². The maximum Gasteiger partial charge on any atom is 0.416 e. The van der Waals surface area contributed by atoms with Gasteiger partial charge in [-0.2, -0.15) is 13.2 Å². The molecular formula is C20H20F3NO. The molecule has 0 aromatic heterocycles. The van der Waals surface area contributed by atoms with E-state index in [0.29, 0.717) is 12.1 Å². The number of ether oxygens (including phenoxy) is 1. The first-order valence-corrected chi connectivity index (χ1v) is 8.46. The van der Waals surface area contributed by atoms with Gasteiger partial charge in [-0.05, 0) is 29.7 Å². The fraction of sp³-hybridized carbons (Fsp3) is 0.400. The van der Waals surface area contributed by atoms with E-state index in [1.54, 1.807) is 0 Å². The van der Waals surface area contributed by atoms with Gasteiger partial charge in [-0.15, -0.1) is 0 Å².